The summed E-state index contributed by atoms with van der Waals surface area (Å²) in [5.41, 5.74) is 4.86. The lowest BCUT2D eigenvalue weighted by Gasteiger charge is -2.20. The van der Waals surface area contributed by atoms with Crippen molar-refractivity contribution in [3.8, 4) is 0 Å². The Bertz CT molecular complexity index is 778. The second-order valence-corrected chi connectivity index (χ2v) is 7.28. The van der Waals surface area contributed by atoms with Crippen LogP contribution < -0.4 is 0 Å². The molecule has 0 fully saturated rings. The summed E-state index contributed by atoms with van der Waals surface area (Å²) in [4.78, 5) is 2.13. The van der Waals surface area contributed by atoms with Crippen molar-refractivity contribution in [3.05, 3.63) is 34.2 Å². The van der Waals surface area contributed by atoms with E-state index in [0.717, 1.165) is 34.2 Å². The maximum absolute atomic E-state index is 9.14. The minimum atomic E-state index is 0.0936. The molecule has 0 saturated heterocycles. The van der Waals surface area contributed by atoms with Crippen LogP contribution in [0.5, 0.6) is 0 Å². The van der Waals surface area contributed by atoms with Crippen LogP contribution >= 0.6 is 0 Å². The van der Waals surface area contributed by atoms with Gasteiger partial charge < -0.3 is 15.3 Å². The average Bonchev–Trinajstić information content (AvgIpc) is 3.51. The topological polar surface area (TPSA) is 189 Å². The molecule has 31 heavy (non-hydrogen) atoms. The fraction of sp³-hybridized carbons (Fsp3) is 0.667. The van der Waals surface area contributed by atoms with Gasteiger partial charge in [0.15, 0.2) is 0 Å². The van der Waals surface area contributed by atoms with Crippen LogP contribution in [0.3, 0.4) is 0 Å². The first kappa shape index (κ1) is 22.9. The third-order valence-corrected chi connectivity index (χ3v) is 4.94. The van der Waals surface area contributed by atoms with E-state index in [1.54, 1.807) is 0 Å². The van der Waals surface area contributed by atoms with Crippen LogP contribution in [0.15, 0.2) is 0 Å². The molecule has 0 bridgehead atoms. The third-order valence-electron chi connectivity index (χ3n) is 4.94. The van der Waals surface area contributed by atoms with Crippen molar-refractivity contribution in [2.24, 2.45) is 0 Å². The minimum Gasteiger partial charge on any atom is -0.396 e. The van der Waals surface area contributed by atoms with Crippen LogP contribution in [0.1, 0.15) is 53.4 Å². The Morgan fingerprint density at radius 1 is 0.484 bits per heavy atom. The number of aliphatic hydroxyl groups is 3. The van der Waals surface area contributed by atoms with Gasteiger partial charge in [-0.25, -0.2) is 0 Å². The van der Waals surface area contributed by atoms with Crippen molar-refractivity contribution in [3.63, 3.8) is 0 Å². The molecule has 0 atom stereocenters. The number of hydrogen-bond donors (Lipinski definition) is 6. The number of aryl methyl sites for hydroxylation is 3. The molecule has 0 radical (unpaired) electrons. The molecule has 3 aromatic rings. The molecule has 0 unspecified atom stereocenters. The van der Waals surface area contributed by atoms with Gasteiger partial charge in [-0.1, -0.05) is 0 Å². The van der Waals surface area contributed by atoms with Crippen molar-refractivity contribution >= 4 is 0 Å². The van der Waals surface area contributed by atoms with E-state index >= 15 is 0 Å². The van der Waals surface area contributed by atoms with Crippen LogP contribution in [0.2, 0.25) is 0 Å². The quantitative estimate of drug-likeness (QED) is 0.173. The number of H-pyrrole nitrogens is 3. The predicted octanol–water partition coefficient (Wildman–Crippen LogP) is -0.982. The summed E-state index contributed by atoms with van der Waals surface area (Å²) < 4.78 is 0. The molecule has 6 N–H and O–H groups in total. The van der Waals surface area contributed by atoms with E-state index in [4.69, 9.17) is 15.3 Å². The van der Waals surface area contributed by atoms with Gasteiger partial charge in [-0.15, -0.1) is 0 Å². The molecular formula is C18H30N10O3. The molecule has 0 spiro atoms. The van der Waals surface area contributed by atoms with Crippen molar-refractivity contribution < 1.29 is 15.3 Å². The molecule has 13 heteroatoms. The summed E-state index contributed by atoms with van der Waals surface area (Å²) in [5, 5.41) is 61.0. The number of aliphatic hydroxyl groups excluding tert-OH is 3. The van der Waals surface area contributed by atoms with Crippen LogP contribution in [-0.2, 0) is 38.9 Å². The SMILES string of the molecule is OCCCc1n[nH]nc1CN(Cc1n[nH]nc1CCCO)Cc1n[nH]nc1CCCO. The molecule has 170 valence electrons. The maximum Gasteiger partial charge on any atom is 0.0997 e. The molecule has 0 aliphatic rings. The van der Waals surface area contributed by atoms with E-state index in [0.29, 0.717) is 58.2 Å². The second kappa shape index (κ2) is 12.2. The van der Waals surface area contributed by atoms with E-state index in [1.807, 2.05) is 0 Å². The summed E-state index contributed by atoms with van der Waals surface area (Å²) in [6.45, 7) is 1.77. The molecule has 3 aromatic heterocycles. The van der Waals surface area contributed by atoms with Crippen LogP contribution in [0, 0.1) is 0 Å². The van der Waals surface area contributed by atoms with Crippen molar-refractivity contribution in [2.45, 2.75) is 58.2 Å². The van der Waals surface area contributed by atoms with Gasteiger partial charge in [0.05, 0.1) is 34.2 Å². The number of hydrogen-bond acceptors (Lipinski definition) is 10. The summed E-state index contributed by atoms with van der Waals surface area (Å²) in [6.07, 6.45) is 3.74. The second-order valence-electron chi connectivity index (χ2n) is 7.28. The molecule has 0 saturated carbocycles. The van der Waals surface area contributed by atoms with Crippen LogP contribution in [-0.4, -0.2) is 86.3 Å². The van der Waals surface area contributed by atoms with Gasteiger partial charge in [0.2, 0.25) is 0 Å². The minimum absolute atomic E-state index is 0.0936. The van der Waals surface area contributed by atoms with Crippen molar-refractivity contribution in [1.82, 2.24) is 51.1 Å². The lowest BCUT2D eigenvalue weighted by atomic mass is 10.1. The molecular weight excluding hydrogens is 404 g/mol. The lowest BCUT2D eigenvalue weighted by molar-refractivity contribution is 0.235. The number of rotatable bonds is 15. The molecule has 0 aliphatic carbocycles. The summed E-state index contributed by atoms with van der Waals surface area (Å²) in [7, 11) is 0. The van der Waals surface area contributed by atoms with E-state index < -0.39 is 0 Å². The highest BCUT2D eigenvalue weighted by Crippen LogP contribution is 2.17. The van der Waals surface area contributed by atoms with Crippen LogP contribution in [0.4, 0.5) is 0 Å². The molecule has 13 nitrogen and oxygen atoms in total. The molecule has 0 aromatic carbocycles. The Kier molecular flexibility index (Phi) is 9.02. The first-order valence-corrected chi connectivity index (χ1v) is 10.5. The Balaban J connectivity index is 1.78. The summed E-state index contributed by atoms with van der Waals surface area (Å²) in [6, 6.07) is 0. The first-order chi connectivity index (χ1) is 15.2. The average molecular weight is 435 g/mol. The number of nitrogens with one attached hydrogen (secondary N) is 3. The number of nitrogens with zero attached hydrogens (tertiary/aromatic N) is 7. The fourth-order valence-corrected chi connectivity index (χ4v) is 3.35. The zero-order chi connectivity index (χ0) is 21.9. The van der Waals surface area contributed by atoms with Gasteiger partial charge in [-0.05, 0) is 38.5 Å². The van der Waals surface area contributed by atoms with Gasteiger partial charge >= 0.3 is 0 Å². The lowest BCUT2D eigenvalue weighted by Crippen LogP contribution is -2.25. The zero-order valence-corrected chi connectivity index (χ0v) is 17.5. The Morgan fingerprint density at radius 3 is 1.06 bits per heavy atom. The third kappa shape index (κ3) is 6.62. The highest BCUT2D eigenvalue weighted by atomic mass is 16.3. The monoisotopic (exact) mass is 434 g/mol. The van der Waals surface area contributed by atoms with Crippen LogP contribution in [0.25, 0.3) is 0 Å². The van der Waals surface area contributed by atoms with Gasteiger partial charge in [-0.2, -0.15) is 46.2 Å². The summed E-state index contributed by atoms with van der Waals surface area (Å²) >= 11 is 0. The largest absolute Gasteiger partial charge is 0.396 e. The van der Waals surface area contributed by atoms with Gasteiger partial charge in [-0.3, -0.25) is 4.90 Å². The standard InChI is InChI=1S/C18H30N10O3/c29-7-1-4-13-16(22-25-19-13)10-28(11-17-14(5-2-8-30)20-26-23-17)12-18-15(6-3-9-31)21-27-24-18/h29-31H,1-12H2,(H,19,22,25)(H,20,23,26)(H,21,24,27). The van der Waals surface area contributed by atoms with E-state index in [2.05, 4.69) is 51.1 Å². The molecule has 3 heterocycles. The van der Waals surface area contributed by atoms with Gasteiger partial charge in [0.25, 0.3) is 0 Å². The number of aromatic nitrogens is 9. The Morgan fingerprint density at radius 2 is 0.774 bits per heavy atom. The van der Waals surface area contributed by atoms with Crippen molar-refractivity contribution in [2.75, 3.05) is 19.8 Å². The highest BCUT2D eigenvalue weighted by molar-refractivity contribution is 5.14. The molecule has 0 amide bonds. The molecule has 3 rings (SSSR count). The zero-order valence-electron chi connectivity index (χ0n) is 17.5. The predicted molar refractivity (Wildman–Crippen MR) is 108 cm³/mol. The maximum atomic E-state index is 9.14. The van der Waals surface area contributed by atoms with E-state index in [9.17, 15) is 0 Å². The fourth-order valence-electron chi connectivity index (χ4n) is 3.35. The number of aromatic amines is 3. The van der Waals surface area contributed by atoms with Gasteiger partial charge in [0, 0.05) is 39.5 Å². The van der Waals surface area contributed by atoms with E-state index in [-0.39, 0.29) is 19.8 Å². The first-order valence-electron chi connectivity index (χ1n) is 10.5. The summed E-state index contributed by atoms with van der Waals surface area (Å²) in [5.74, 6) is 0. The normalized spacial score (nSPS) is 11.6. The Hall–Kier alpha value is -2.74. The van der Waals surface area contributed by atoms with Gasteiger partial charge in [0.1, 0.15) is 0 Å². The van der Waals surface area contributed by atoms with Crippen molar-refractivity contribution in [1.29, 1.82) is 0 Å². The molecule has 0 aliphatic heterocycles. The highest BCUT2D eigenvalue weighted by Gasteiger charge is 2.20. The van der Waals surface area contributed by atoms with E-state index in [1.165, 1.54) is 0 Å². The Labute approximate surface area is 179 Å². The smallest absolute Gasteiger partial charge is 0.0997 e.